The molecular weight excluding hydrogens is 129 g/mol. The molecule has 2 heteroatoms. The lowest BCUT2D eigenvalue weighted by Gasteiger charge is -2.34. The molecule has 0 unspecified atom stereocenters. The molecule has 0 aromatic carbocycles. The van der Waals surface area contributed by atoms with Crippen molar-refractivity contribution in [3.63, 3.8) is 0 Å². The highest BCUT2D eigenvalue weighted by molar-refractivity contribution is 4.91. The van der Waals surface area contributed by atoms with Crippen LogP contribution in [0.4, 0.5) is 4.39 Å². The third kappa shape index (κ3) is 1.31. The maximum absolute atomic E-state index is 13.6. The van der Waals surface area contributed by atoms with Crippen LogP contribution in [0, 0.1) is 0 Å². The van der Waals surface area contributed by atoms with Crippen molar-refractivity contribution in [3.05, 3.63) is 0 Å². The van der Waals surface area contributed by atoms with Crippen molar-refractivity contribution < 1.29 is 4.39 Å². The van der Waals surface area contributed by atoms with Crippen LogP contribution in [0.2, 0.25) is 0 Å². The second-order valence-corrected chi connectivity index (χ2v) is 3.24. The maximum Gasteiger partial charge on any atom is 0.125 e. The Kier molecular flexibility index (Phi) is 2.29. The molecule has 0 aromatic rings. The highest BCUT2D eigenvalue weighted by atomic mass is 19.1. The Morgan fingerprint density at radius 3 is 2.70 bits per heavy atom. The van der Waals surface area contributed by atoms with Crippen molar-refractivity contribution in [1.82, 2.24) is 0 Å². The molecule has 1 aliphatic rings. The summed E-state index contributed by atoms with van der Waals surface area (Å²) < 4.78 is 13.6. The first-order valence-electron chi connectivity index (χ1n) is 4.13. The van der Waals surface area contributed by atoms with Gasteiger partial charge < -0.3 is 5.73 Å². The van der Waals surface area contributed by atoms with E-state index in [1.807, 2.05) is 6.92 Å². The Labute approximate surface area is 61.8 Å². The predicted molar refractivity (Wildman–Crippen MR) is 40.6 cm³/mol. The lowest BCUT2D eigenvalue weighted by Crippen LogP contribution is -2.46. The van der Waals surface area contributed by atoms with Crippen LogP contribution in [0.5, 0.6) is 0 Å². The normalized spacial score (nSPS) is 41.7. The minimum Gasteiger partial charge on any atom is -0.325 e. The summed E-state index contributed by atoms with van der Waals surface area (Å²) >= 11 is 0. The Morgan fingerprint density at radius 1 is 1.60 bits per heavy atom. The molecule has 0 radical (unpaired) electrons. The van der Waals surface area contributed by atoms with Gasteiger partial charge in [-0.1, -0.05) is 19.8 Å². The van der Waals surface area contributed by atoms with Gasteiger partial charge in [0.2, 0.25) is 0 Å². The number of hydrogen-bond donors (Lipinski definition) is 1. The van der Waals surface area contributed by atoms with Crippen LogP contribution in [-0.4, -0.2) is 11.7 Å². The Bertz CT molecular complexity index is 116. The Balaban J connectivity index is 2.54. The van der Waals surface area contributed by atoms with E-state index in [4.69, 9.17) is 5.73 Å². The van der Waals surface area contributed by atoms with Gasteiger partial charge in [0.05, 0.1) is 0 Å². The van der Waals surface area contributed by atoms with Crippen molar-refractivity contribution in [3.8, 4) is 0 Å². The number of halogens is 1. The average Bonchev–Trinajstić information content (AvgIpc) is 1.96. The summed E-state index contributed by atoms with van der Waals surface area (Å²) in [5.74, 6) is 0. The van der Waals surface area contributed by atoms with Crippen molar-refractivity contribution in [1.29, 1.82) is 0 Å². The number of alkyl halides is 1. The van der Waals surface area contributed by atoms with E-state index >= 15 is 0 Å². The van der Waals surface area contributed by atoms with E-state index in [9.17, 15) is 4.39 Å². The first-order valence-corrected chi connectivity index (χ1v) is 4.13. The molecule has 0 saturated heterocycles. The van der Waals surface area contributed by atoms with Gasteiger partial charge in [-0.15, -0.1) is 0 Å². The molecule has 10 heavy (non-hydrogen) atoms. The summed E-state index contributed by atoms with van der Waals surface area (Å²) in [7, 11) is 0. The van der Waals surface area contributed by atoms with Gasteiger partial charge in [-0.25, -0.2) is 4.39 Å². The number of rotatable bonds is 1. The zero-order valence-corrected chi connectivity index (χ0v) is 6.57. The third-order valence-corrected chi connectivity index (χ3v) is 2.61. The fourth-order valence-corrected chi connectivity index (χ4v) is 1.67. The number of nitrogens with two attached hydrogens (primary N) is 1. The second kappa shape index (κ2) is 2.87. The van der Waals surface area contributed by atoms with Crippen molar-refractivity contribution in [2.75, 3.05) is 0 Å². The Hall–Kier alpha value is -0.110. The molecule has 1 fully saturated rings. The largest absolute Gasteiger partial charge is 0.325 e. The van der Waals surface area contributed by atoms with Gasteiger partial charge in [0.1, 0.15) is 5.67 Å². The zero-order chi connectivity index (χ0) is 7.61. The van der Waals surface area contributed by atoms with E-state index in [1.165, 1.54) is 0 Å². The van der Waals surface area contributed by atoms with Crippen LogP contribution in [0.15, 0.2) is 0 Å². The van der Waals surface area contributed by atoms with Crippen LogP contribution >= 0.6 is 0 Å². The zero-order valence-electron chi connectivity index (χ0n) is 6.57. The van der Waals surface area contributed by atoms with E-state index in [2.05, 4.69) is 0 Å². The first kappa shape index (κ1) is 7.99. The van der Waals surface area contributed by atoms with Gasteiger partial charge in [-0.2, -0.15) is 0 Å². The molecule has 1 nitrogen and oxygen atoms in total. The monoisotopic (exact) mass is 145 g/mol. The molecule has 0 amide bonds. The Morgan fingerprint density at radius 2 is 2.30 bits per heavy atom. The second-order valence-electron chi connectivity index (χ2n) is 3.24. The molecule has 0 spiro atoms. The molecule has 0 aromatic heterocycles. The molecular formula is C8H16FN. The van der Waals surface area contributed by atoms with E-state index in [-0.39, 0.29) is 6.04 Å². The fraction of sp³-hybridized carbons (Fsp3) is 1.00. The first-order chi connectivity index (χ1) is 4.69. The lowest BCUT2D eigenvalue weighted by atomic mass is 9.81. The maximum atomic E-state index is 13.6. The summed E-state index contributed by atoms with van der Waals surface area (Å²) in [6.45, 7) is 1.88. The van der Waals surface area contributed by atoms with Crippen molar-refractivity contribution in [2.45, 2.75) is 50.7 Å². The summed E-state index contributed by atoms with van der Waals surface area (Å²) in [5, 5.41) is 0. The highest BCUT2D eigenvalue weighted by Gasteiger charge is 2.36. The summed E-state index contributed by atoms with van der Waals surface area (Å²) in [5.41, 5.74) is 4.61. The molecule has 0 heterocycles. The van der Waals surface area contributed by atoms with Crippen molar-refractivity contribution in [2.24, 2.45) is 5.73 Å². The van der Waals surface area contributed by atoms with Crippen LogP contribution in [0.1, 0.15) is 39.0 Å². The molecule has 1 saturated carbocycles. The smallest absolute Gasteiger partial charge is 0.125 e. The molecule has 1 aliphatic carbocycles. The van der Waals surface area contributed by atoms with Crippen LogP contribution in [-0.2, 0) is 0 Å². The average molecular weight is 145 g/mol. The minimum absolute atomic E-state index is 0.203. The van der Waals surface area contributed by atoms with Gasteiger partial charge in [0.15, 0.2) is 0 Å². The van der Waals surface area contributed by atoms with E-state index in [0.717, 1.165) is 19.3 Å². The SMILES string of the molecule is CC[C@@]1(F)CCCC[C@H]1N. The van der Waals surface area contributed by atoms with Gasteiger partial charge in [0, 0.05) is 6.04 Å². The van der Waals surface area contributed by atoms with E-state index in [1.54, 1.807) is 0 Å². The molecule has 2 N–H and O–H groups in total. The molecule has 2 atom stereocenters. The lowest BCUT2D eigenvalue weighted by molar-refractivity contribution is 0.0774. The standard InChI is InChI=1S/C8H16FN/c1-2-8(9)6-4-3-5-7(8)10/h7H,2-6,10H2,1H3/t7-,8-/m1/s1. The van der Waals surface area contributed by atoms with Crippen molar-refractivity contribution >= 4 is 0 Å². The van der Waals surface area contributed by atoms with E-state index < -0.39 is 5.67 Å². The van der Waals surface area contributed by atoms with Crippen LogP contribution in [0.3, 0.4) is 0 Å². The van der Waals surface area contributed by atoms with Crippen LogP contribution in [0.25, 0.3) is 0 Å². The minimum atomic E-state index is -1.04. The van der Waals surface area contributed by atoms with Gasteiger partial charge in [0.25, 0.3) is 0 Å². The third-order valence-electron chi connectivity index (χ3n) is 2.61. The fourth-order valence-electron chi connectivity index (χ4n) is 1.67. The summed E-state index contributed by atoms with van der Waals surface area (Å²) in [6.07, 6.45) is 4.23. The van der Waals surface area contributed by atoms with Gasteiger partial charge in [-0.3, -0.25) is 0 Å². The molecule has 0 aliphatic heterocycles. The topological polar surface area (TPSA) is 26.0 Å². The van der Waals surface area contributed by atoms with Gasteiger partial charge in [-0.05, 0) is 19.3 Å². The quantitative estimate of drug-likeness (QED) is 0.600. The molecule has 60 valence electrons. The summed E-state index contributed by atoms with van der Waals surface area (Å²) in [6, 6.07) is -0.203. The van der Waals surface area contributed by atoms with Gasteiger partial charge >= 0.3 is 0 Å². The number of hydrogen-bond acceptors (Lipinski definition) is 1. The molecule has 1 rings (SSSR count). The van der Waals surface area contributed by atoms with E-state index in [0.29, 0.717) is 12.8 Å². The van der Waals surface area contributed by atoms with Crippen LogP contribution < -0.4 is 5.73 Å². The summed E-state index contributed by atoms with van der Waals surface area (Å²) in [4.78, 5) is 0. The molecule has 0 bridgehead atoms. The predicted octanol–water partition coefficient (Wildman–Crippen LogP) is 2.01. The highest BCUT2D eigenvalue weighted by Crippen LogP contribution is 2.33.